The van der Waals surface area contributed by atoms with E-state index in [1.807, 2.05) is 36.4 Å². The third-order valence-corrected chi connectivity index (χ3v) is 3.12. The van der Waals surface area contributed by atoms with Gasteiger partial charge in [0.25, 0.3) is 0 Å². The fourth-order valence-corrected chi connectivity index (χ4v) is 2.11. The van der Waals surface area contributed by atoms with E-state index in [9.17, 15) is 0 Å². The molecule has 2 rings (SSSR count). The van der Waals surface area contributed by atoms with Crippen molar-refractivity contribution in [2.24, 2.45) is 0 Å². The molecule has 4 nitrogen and oxygen atoms in total. The van der Waals surface area contributed by atoms with Crippen molar-refractivity contribution in [2.45, 2.75) is 19.9 Å². The molecule has 0 bridgehead atoms. The smallest absolute Gasteiger partial charge is 0.142 e. The first-order valence-electron chi connectivity index (χ1n) is 6.88. The molecule has 21 heavy (non-hydrogen) atoms. The van der Waals surface area contributed by atoms with Gasteiger partial charge in [-0.05, 0) is 36.2 Å². The number of hydrogen-bond donors (Lipinski definition) is 0. The zero-order valence-electron chi connectivity index (χ0n) is 12.0. The lowest BCUT2D eigenvalue weighted by Gasteiger charge is -2.23. The van der Waals surface area contributed by atoms with Gasteiger partial charge in [0.1, 0.15) is 17.6 Å². The van der Waals surface area contributed by atoms with Crippen LogP contribution in [0.3, 0.4) is 0 Å². The van der Waals surface area contributed by atoms with E-state index in [0.29, 0.717) is 17.8 Å². The van der Waals surface area contributed by atoms with Gasteiger partial charge in [0.2, 0.25) is 0 Å². The van der Waals surface area contributed by atoms with Gasteiger partial charge >= 0.3 is 0 Å². The molecule has 0 aliphatic rings. The van der Waals surface area contributed by atoms with Crippen molar-refractivity contribution in [3.05, 3.63) is 59.3 Å². The van der Waals surface area contributed by atoms with Crippen LogP contribution in [0.2, 0.25) is 0 Å². The average Bonchev–Trinajstić information content (AvgIpc) is 2.55. The highest BCUT2D eigenvalue weighted by Gasteiger charge is 2.09. The minimum Gasteiger partial charge on any atom is -0.352 e. The van der Waals surface area contributed by atoms with Crippen LogP contribution >= 0.6 is 0 Å². The van der Waals surface area contributed by atoms with Gasteiger partial charge in [-0.3, -0.25) is 0 Å². The van der Waals surface area contributed by atoms with Crippen LogP contribution in [0.5, 0.6) is 0 Å². The number of anilines is 1. The van der Waals surface area contributed by atoms with Crippen molar-refractivity contribution < 1.29 is 0 Å². The molecular formula is C17H16N4. The second-order valence-electron chi connectivity index (χ2n) is 4.72. The van der Waals surface area contributed by atoms with Gasteiger partial charge in [0.15, 0.2) is 0 Å². The van der Waals surface area contributed by atoms with Crippen molar-refractivity contribution in [3.63, 3.8) is 0 Å². The molecule has 0 amide bonds. The second kappa shape index (κ2) is 7.07. The molecule has 4 heteroatoms. The number of pyridine rings is 1. The van der Waals surface area contributed by atoms with Crippen LogP contribution in [-0.4, -0.2) is 11.5 Å². The number of benzene rings is 1. The monoisotopic (exact) mass is 276 g/mol. The Bertz CT molecular complexity index is 677. The number of nitriles is 2. The molecule has 0 fully saturated rings. The summed E-state index contributed by atoms with van der Waals surface area (Å²) < 4.78 is 0. The normalized spacial score (nSPS) is 9.67. The molecular weight excluding hydrogens is 260 g/mol. The zero-order valence-corrected chi connectivity index (χ0v) is 12.0. The van der Waals surface area contributed by atoms with Gasteiger partial charge in [0, 0.05) is 13.1 Å². The van der Waals surface area contributed by atoms with Crippen LogP contribution < -0.4 is 4.90 Å². The fraction of sp³-hybridized carbons (Fsp3) is 0.235. The van der Waals surface area contributed by atoms with Gasteiger partial charge in [-0.15, -0.1) is 0 Å². The highest BCUT2D eigenvalue weighted by atomic mass is 15.2. The van der Waals surface area contributed by atoms with Crippen LogP contribution in [0, 0.1) is 22.7 Å². The van der Waals surface area contributed by atoms with Crippen molar-refractivity contribution in [1.29, 1.82) is 10.5 Å². The van der Waals surface area contributed by atoms with Gasteiger partial charge in [0.05, 0.1) is 11.6 Å². The highest BCUT2D eigenvalue weighted by Crippen LogP contribution is 2.16. The standard InChI is InChI=1S/C17H16N4/c1-2-10-21(17-5-3-4-16(12-19)20-17)13-15-8-6-14(11-18)7-9-15/h3-9H,2,10,13H2,1H3. The summed E-state index contributed by atoms with van der Waals surface area (Å²) in [5, 5.41) is 17.8. The summed E-state index contributed by atoms with van der Waals surface area (Å²) in [5.74, 6) is 0.806. The molecule has 0 saturated carbocycles. The summed E-state index contributed by atoms with van der Waals surface area (Å²) in [6, 6.07) is 17.2. The molecule has 0 unspecified atom stereocenters. The van der Waals surface area contributed by atoms with Crippen LogP contribution in [0.15, 0.2) is 42.5 Å². The van der Waals surface area contributed by atoms with Crippen molar-refractivity contribution >= 4 is 5.82 Å². The molecule has 0 radical (unpaired) electrons. The van der Waals surface area contributed by atoms with Gasteiger partial charge in [-0.1, -0.05) is 25.1 Å². The Morgan fingerprint density at radius 1 is 1.05 bits per heavy atom. The minimum absolute atomic E-state index is 0.424. The maximum absolute atomic E-state index is 8.96. The Morgan fingerprint density at radius 2 is 1.81 bits per heavy atom. The molecule has 1 heterocycles. The summed E-state index contributed by atoms with van der Waals surface area (Å²) in [4.78, 5) is 6.49. The van der Waals surface area contributed by atoms with E-state index in [-0.39, 0.29) is 0 Å². The SMILES string of the molecule is CCCN(Cc1ccc(C#N)cc1)c1cccc(C#N)n1. The van der Waals surface area contributed by atoms with E-state index in [1.165, 1.54) is 0 Å². The summed E-state index contributed by atoms with van der Waals surface area (Å²) in [6.07, 6.45) is 0.995. The summed E-state index contributed by atoms with van der Waals surface area (Å²) >= 11 is 0. The first-order valence-corrected chi connectivity index (χ1v) is 6.88. The fourth-order valence-electron chi connectivity index (χ4n) is 2.11. The molecule has 2 aromatic rings. The van der Waals surface area contributed by atoms with Crippen LogP contribution in [0.1, 0.15) is 30.2 Å². The largest absolute Gasteiger partial charge is 0.352 e. The Hall–Kier alpha value is -2.85. The Labute approximate surface area is 124 Å². The molecule has 0 spiro atoms. The Morgan fingerprint density at radius 3 is 2.43 bits per heavy atom. The van der Waals surface area contributed by atoms with E-state index < -0.39 is 0 Å². The molecule has 0 aliphatic carbocycles. The molecule has 0 N–H and O–H groups in total. The van der Waals surface area contributed by atoms with E-state index in [1.54, 1.807) is 6.07 Å². The van der Waals surface area contributed by atoms with Crippen molar-refractivity contribution in [1.82, 2.24) is 4.98 Å². The maximum Gasteiger partial charge on any atom is 0.142 e. The Balaban J connectivity index is 2.22. The quantitative estimate of drug-likeness (QED) is 0.841. The summed E-state index contributed by atoms with van der Waals surface area (Å²) in [6.45, 7) is 3.68. The van der Waals surface area contributed by atoms with Crippen LogP contribution in [-0.2, 0) is 6.54 Å². The number of nitrogens with zero attached hydrogens (tertiary/aromatic N) is 4. The number of hydrogen-bond acceptors (Lipinski definition) is 4. The average molecular weight is 276 g/mol. The number of rotatable bonds is 5. The van der Waals surface area contributed by atoms with E-state index in [2.05, 4.69) is 28.9 Å². The molecule has 104 valence electrons. The van der Waals surface area contributed by atoms with Crippen molar-refractivity contribution in [3.8, 4) is 12.1 Å². The topological polar surface area (TPSA) is 63.7 Å². The third kappa shape index (κ3) is 3.81. The van der Waals surface area contributed by atoms with Crippen LogP contribution in [0.4, 0.5) is 5.82 Å². The van der Waals surface area contributed by atoms with Gasteiger partial charge < -0.3 is 4.90 Å². The van der Waals surface area contributed by atoms with Crippen molar-refractivity contribution in [2.75, 3.05) is 11.4 Å². The predicted molar refractivity (Wildman–Crippen MR) is 81.5 cm³/mol. The van der Waals surface area contributed by atoms with E-state index >= 15 is 0 Å². The summed E-state index contributed by atoms with van der Waals surface area (Å²) in [5.41, 5.74) is 2.20. The highest BCUT2D eigenvalue weighted by molar-refractivity contribution is 5.43. The lowest BCUT2D eigenvalue weighted by atomic mass is 10.1. The van der Waals surface area contributed by atoms with E-state index in [0.717, 1.165) is 24.3 Å². The maximum atomic E-state index is 8.96. The number of aromatic nitrogens is 1. The van der Waals surface area contributed by atoms with Crippen LogP contribution in [0.25, 0.3) is 0 Å². The Kier molecular flexibility index (Phi) is 4.90. The second-order valence-corrected chi connectivity index (χ2v) is 4.72. The molecule has 1 aromatic carbocycles. The lowest BCUT2D eigenvalue weighted by molar-refractivity contribution is 0.754. The molecule has 0 saturated heterocycles. The first-order chi connectivity index (χ1) is 10.3. The van der Waals surface area contributed by atoms with Gasteiger partial charge in [-0.25, -0.2) is 4.98 Å². The minimum atomic E-state index is 0.424. The van der Waals surface area contributed by atoms with E-state index in [4.69, 9.17) is 10.5 Å². The summed E-state index contributed by atoms with van der Waals surface area (Å²) in [7, 11) is 0. The zero-order chi connectivity index (χ0) is 15.1. The molecule has 0 atom stereocenters. The third-order valence-electron chi connectivity index (χ3n) is 3.12. The predicted octanol–water partition coefficient (Wildman–Crippen LogP) is 3.24. The molecule has 0 aliphatic heterocycles. The lowest BCUT2D eigenvalue weighted by Crippen LogP contribution is -2.24. The first kappa shape index (κ1) is 14.6. The molecule has 1 aromatic heterocycles. The van der Waals surface area contributed by atoms with Gasteiger partial charge in [-0.2, -0.15) is 10.5 Å².